The van der Waals surface area contributed by atoms with E-state index >= 15 is 0 Å². The van der Waals surface area contributed by atoms with E-state index in [9.17, 15) is 0 Å². The monoisotopic (exact) mass is 918 g/mol. The first kappa shape index (κ1) is 32.4. The Bertz CT molecular complexity index is 3510. The Kier molecular flexibility index (Phi) is 6.36. The molecule has 0 saturated carbocycles. The van der Waals surface area contributed by atoms with Crippen molar-refractivity contribution in [2.45, 2.75) is 52.4 Å². The Morgan fingerprint density at radius 3 is 1.72 bits per heavy atom. The molecule has 0 amide bonds. The first-order chi connectivity index (χ1) is 25.5. The molecule has 0 atom stereocenters. The van der Waals surface area contributed by atoms with Crippen molar-refractivity contribution in [3.05, 3.63) is 132 Å². The molecule has 0 aliphatic carbocycles. The number of benzene rings is 7. The largest absolute Gasteiger partial charge is 2.00 e. The van der Waals surface area contributed by atoms with Crippen molar-refractivity contribution < 1.29 is 35.5 Å². The van der Waals surface area contributed by atoms with Crippen LogP contribution in [0.4, 0.5) is 0 Å². The fraction of sp³-hybridized carbons (Fsp3) is 0.160. The van der Waals surface area contributed by atoms with Crippen LogP contribution in [0.15, 0.2) is 114 Å². The molecule has 54 heavy (non-hydrogen) atoms. The van der Waals surface area contributed by atoms with E-state index in [0.29, 0.717) is 0 Å². The summed E-state index contributed by atoms with van der Waals surface area (Å²) in [5.74, 6) is 0. The zero-order valence-corrected chi connectivity index (χ0v) is 35.4. The maximum atomic E-state index is 6.77. The normalized spacial score (nSPS) is 13.2. The van der Waals surface area contributed by atoms with E-state index in [2.05, 4.69) is 160 Å². The molecule has 0 N–H and O–H groups in total. The molecular weight excluding hydrogens is 883 g/mol. The second-order valence-corrected chi connectivity index (χ2v) is 17.2. The van der Waals surface area contributed by atoms with Crippen LogP contribution >= 0.6 is 0 Å². The van der Waals surface area contributed by atoms with Crippen LogP contribution in [0.25, 0.3) is 109 Å². The number of furan rings is 1. The summed E-state index contributed by atoms with van der Waals surface area (Å²) in [6.45, 7) is 13.9. The number of rotatable bonds is 1. The van der Waals surface area contributed by atoms with Gasteiger partial charge in [0.1, 0.15) is 5.58 Å². The van der Waals surface area contributed by atoms with Crippen molar-refractivity contribution in [1.29, 1.82) is 0 Å². The van der Waals surface area contributed by atoms with Crippen LogP contribution in [0.2, 0.25) is 0 Å². The van der Waals surface area contributed by atoms with Crippen molar-refractivity contribution in [2.75, 3.05) is 0 Å². The van der Waals surface area contributed by atoms with E-state index in [4.69, 9.17) is 4.42 Å². The quantitative estimate of drug-likeness (QED) is 0.150. The Hall–Kier alpha value is -5.01. The molecule has 0 spiro atoms. The molecule has 12 rings (SSSR count). The summed E-state index contributed by atoms with van der Waals surface area (Å²) >= 11 is 0. The van der Waals surface area contributed by atoms with Crippen molar-refractivity contribution in [3.63, 3.8) is 0 Å². The van der Waals surface area contributed by atoms with Crippen LogP contribution in [0.5, 0.6) is 0 Å². The topological polar surface area (TPSA) is 22.0 Å². The average molecular weight is 919 g/mol. The van der Waals surface area contributed by atoms with Gasteiger partial charge in [0.2, 0.25) is 0 Å². The van der Waals surface area contributed by atoms with Crippen LogP contribution in [-0.2, 0) is 10.8 Å². The maximum Gasteiger partial charge on any atom is 2.00 e. The third kappa shape index (κ3) is 4.08. The fourth-order valence-electron chi connectivity index (χ4n) is 9.33. The molecule has 0 fully saturated rings. The van der Waals surface area contributed by atoms with E-state index in [1.807, 2.05) is 12.1 Å². The summed E-state index contributed by atoms with van der Waals surface area (Å²) in [5, 5.41) is 12.4. The molecule has 5 aromatic heterocycles. The molecule has 256 valence electrons. The molecule has 7 aromatic carbocycles. The summed E-state index contributed by atoms with van der Waals surface area (Å²) in [7, 11) is 0. The van der Waals surface area contributed by atoms with Gasteiger partial charge in [-0.25, -0.2) is 11.1 Å². The van der Waals surface area contributed by atoms with E-state index in [1.54, 1.807) is 0 Å². The average Bonchev–Trinajstić information content (AvgIpc) is 3.93. The Morgan fingerprint density at radius 2 is 1.06 bits per heavy atom. The van der Waals surface area contributed by atoms with E-state index in [1.165, 1.54) is 76.3 Å². The Labute approximate surface area is 336 Å². The van der Waals surface area contributed by atoms with Crippen LogP contribution in [0, 0.1) is 43.2 Å². The molecule has 5 heterocycles. The molecule has 0 unspecified atom stereocenters. The number of hydrogen-bond donors (Lipinski definition) is 0. The molecule has 0 radical (unpaired) electrons. The van der Waals surface area contributed by atoms with Gasteiger partial charge in [-0.15, -0.1) is 12.1 Å². The van der Waals surface area contributed by atoms with E-state index in [0.717, 1.165) is 44.1 Å². The van der Waals surface area contributed by atoms with Gasteiger partial charge in [0.15, 0.2) is 5.58 Å². The number of nitrogens with zero attached hydrogens (tertiary/aromatic N) is 2. The first-order valence-electron chi connectivity index (χ1n) is 18.7. The van der Waals surface area contributed by atoms with E-state index < -0.39 is 0 Å². The third-order valence-electron chi connectivity index (χ3n) is 12.0. The zero-order valence-electron chi connectivity index (χ0n) is 31.2. The number of aromatic nitrogens is 2. The van der Waals surface area contributed by atoms with Gasteiger partial charge in [0.25, 0.3) is 0 Å². The van der Waals surface area contributed by atoms with Gasteiger partial charge in [-0.05, 0) is 75.3 Å². The smallest absolute Gasteiger partial charge is 0.454 e. The summed E-state index contributed by atoms with van der Waals surface area (Å²) in [6, 6.07) is 47.7. The summed E-state index contributed by atoms with van der Waals surface area (Å²) in [5.41, 5.74) is 13.8. The predicted molar refractivity (Wildman–Crippen MR) is 224 cm³/mol. The number of fused-ring (bicyclic) bond motifs is 16. The standard InChI is InChI=1S/C50H36N2O.U/c1-49(2,3)29-21-37-31-17-16-28(27-12-8-7-9-13-27)20-41(31)51-42-25-36-40-24-30(50(4,5)6)22-38-33-18-19-34-32-14-10-11-15-44(32)53-48(34)47(33)52(46(38)40)43(36)26-35(42)39(23-29)45(37)51;/h7-12,14-19,21-26H,1-6H3;/q-2;+2. The molecular formula is C50H36N2OU. The maximum absolute atomic E-state index is 6.77. The number of hydrogen-bond acceptors (Lipinski definition) is 1. The summed E-state index contributed by atoms with van der Waals surface area (Å²) in [6.07, 6.45) is 0. The van der Waals surface area contributed by atoms with Crippen LogP contribution < -0.4 is 0 Å². The zero-order chi connectivity index (χ0) is 35.7. The van der Waals surface area contributed by atoms with Gasteiger partial charge in [-0.2, -0.15) is 36.4 Å². The first-order valence-corrected chi connectivity index (χ1v) is 18.7. The second-order valence-electron chi connectivity index (χ2n) is 17.2. The molecule has 0 saturated heterocycles. The summed E-state index contributed by atoms with van der Waals surface area (Å²) in [4.78, 5) is 0. The van der Waals surface area contributed by atoms with E-state index in [-0.39, 0.29) is 41.9 Å². The Morgan fingerprint density at radius 1 is 0.481 bits per heavy atom. The van der Waals surface area contributed by atoms with Crippen molar-refractivity contribution in [1.82, 2.24) is 8.80 Å². The predicted octanol–water partition coefficient (Wildman–Crippen LogP) is 13.7. The van der Waals surface area contributed by atoms with Crippen molar-refractivity contribution in [3.8, 4) is 11.1 Å². The Balaban J connectivity index is 0.00000341. The fourth-order valence-corrected chi connectivity index (χ4v) is 9.33. The van der Waals surface area contributed by atoms with Crippen LogP contribution in [0.3, 0.4) is 0 Å². The minimum atomic E-state index is -0.0235. The third-order valence-corrected chi connectivity index (χ3v) is 12.0. The molecule has 0 aliphatic heterocycles. The molecule has 12 aromatic rings. The van der Waals surface area contributed by atoms with Gasteiger partial charge in [-0.3, -0.25) is 0 Å². The minimum absolute atomic E-state index is 0. The second kappa shape index (κ2) is 10.6. The van der Waals surface area contributed by atoms with Crippen molar-refractivity contribution in [2.24, 2.45) is 0 Å². The molecule has 4 heteroatoms. The number of para-hydroxylation sites is 1. The molecule has 0 aliphatic rings. The van der Waals surface area contributed by atoms with Crippen molar-refractivity contribution >= 4 is 98.1 Å². The van der Waals surface area contributed by atoms with Gasteiger partial charge in [0, 0.05) is 43.1 Å². The van der Waals surface area contributed by atoms with Gasteiger partial charge < -0.3 is 13.2 Å². The molecule has 0 bridgehead atoms. The van der Waals surface area contributed by atoms with Crippen LogP contribution in [-0.4, -0.2) is 8.80 Å². The summed E-state index contributed by atoms with van der Waals surface area (Å²) < 4.78 is 11.8. The minimum Gasteiger partial charge on any atom is -0.454 e. The van der Waals surface area contributed by atoms with Gasteiger partial charge in [-0.1, -0.05) is 77.3 Å². The SMILES string of the molecule is CC(C)(C)c1cc2c3ccc(-c4[c-]cccc4)[c-]c3n3c4cc5c6cc(C(C)(C)C)cc7c8ccc9c%10ccccc%10oc9c8n(c5cc4c(c1)c23)c67.[U+2]. The van der Waals surface area contributed by atoms with Gasteiger partial charge >= 0.3 is 31.1 Å². The molecule has 3 nitrogen and oxygen atoms in total. The van der Waals surface area contributed by atoms with Gasteiger partial charge in [0.05, 0.1) is 27.6 Å². The van der Waals surface area contributed by atoms with Crippen LogP contribution in [0.1, 0.15) is 52.7 Å².